The molecular weight excluding hydrogens is 302 g/mol. The minimum atomic E-state index is -0.290. The fourth-order valence-electron chi connectivity index (χ4n) is 2.07. The van der Waals surface area contributed by atoms with E-state index >= 15 is 0 Å². The lowest BCUT2D eigenvalue weighted by Gasteiger charge is -2.10. The summed E-state index contributed by atoms with van der Waals surface area (Å²) in [5, 5.41) is 23.8. The van der Waals surface area contributed by atoms with Crippen molar-refractivity contribution in [3.63, 3.8) is 0 Å². The number of carbonyl (C=O) groups is 1. The van der Waals surface area contributed by atoms with Gasteiger partial charge in [0.25, 0.3) is 5.91 Å². The Morgan fingerprint density at radius 3 is 2.58 bits per heavy atom. The fraction of sp³-hybridized carbons (Fsp3) is 0.111. The predicted octanol–water partition coefficient (Wildman–Crippen LogP) is 3.32. The van der Waals surface area contributed by atoms with Crippen LogP contribution in [0.15, 0.2) is 53.6 Å². The van der Waals surface area contributed by atoms with Crippen molar-refractivity contribution in [1.82, 2.24) is 0 Å². The van der Waals surface area contributed by atoms with E-state index in [1.165, 1.54) is 0 Å². The van der Waals surface area contributed by atoms with Gasteiger partial charge in [-0.3, -0.25) is 10.2 Å². The number of nitrogens with zero attached hydrogens (tertiary/aromatic N) is 3. The number of benzene rings is 2. The third-order valence-electron chi connectivity index (χ3n) is 3.28. The minimum absolute atomic E-state index is 0.246. The summed E-state index contributed by atoms with van der Waals surface area (Å²) in [5.74, 6) is -0.246. The maximum atomic E-state index is 12.4. The number of rotatable bonds is 5. The highest BCUT2D eigenvalue weighted by Crippen LogP contribution is 2.18. The van der Waals surface area contributed by atoms with E-state index in [1.54, 1.807) is 36.4 Å². The Bertz CT molecular complexity index is 842. The first kappa shape index (κ1) is 16.7. The van der Waals surface area contributed by atoms with Crippen LogP contribution in [0, 0.1) is 22.7 Å². The van der Waals surface area contributed by atoms with Gasteiger partial charge in [-0.15, -0.1) is 0 Å². The van der Waals surface area contributed by atoms with Gasteiger partial charge in [0.05, 0.1) is 5.69 Å². The lowest BCUT2D eigenvalue weighted by molar-refractivity contribution is 0.102. The van der Waals surface area contributed by atoms with Gasteiger partial charge in [-0.2, -0.15) is 15.6 Å². The van der Waals surface area contributed by atoms with Gasteiger partial charge in [-0.25, -0.2) is 0 Å². The Kier molecular flexibility index (Phi) is 5.65. The van der Waals surface area contributed by atoms with E-state index in [1.807, 2.05) is 31.2 Å². The van der Waals surface area contributed by atoms with E-state index in [9.17, 15) is 4.79 Å². The van der Waals surface area contributed by atoms with Crippen LogP contribution < -0.4 is 10.7 Å². The van der Waals surface area contributed by atoms with Crippen LogP contribution in [-0.4, -0.2) is 11.6 Å². The van der Waals surface area contributed by atoms with Gasteiger partial charge in [-0.05, 0) is 36.2 Å². The zero-order valence-corrected chi connectivity index (χ0v) is 13.1. The molecular formula is C18H15N5O. The van der Waals surface area contributed by atoms with Crippen LogP contribution in [0.2, 0.25) is 0 Å². The molecule has 0 bridgehead atoms. The predicted molar refractivity (Wildman–Crippen MR) is 92.5 cm³/mol. The largest absolute Gasteiger partial charge is 0.322 e. The highest BCUT2D eigenvalue weighted by atomic mass is 16.1. The SMILES string of the molecule is CCc1ccccc1NC(=O)c1cccc(NN=C(C#N)C#N)c1. The normalized spacial score (nSPS) is 9.29. The van der Waals surface area contributed by atoms with Gasteiger partial charge in [0.1, 0.15) is 12.1 Å². The standard InChI is InChI=1S/C18H15N5O/c1-2-13-6-3-4-9-17(13)21-18(24)14-7-5-8-15(10-14)22-23-16(11-19)12-20/h3-10,22H,2H2,1H3,(H,21,24). The molecule has 2 aromatic rings. The monoisotopic (exact) mass is 317 g/mol. The molecule has 118 valence electrons. The second kappa shape index (κ2) is 8.11. The zero-order valence-electron chi connectivity index (χ0n) is 13.1. The van der Waals surface area contributed by atoms with Crippen molar-refractivity contribution in [2.75, 3.05) is 10.7 Å². The lowest BCUT2D eigenvalue weighted by atomic mass is 10.1. The molecule has 0 unspecified atom stereocenters. The minimum Gasteiger partial charge on any atom is -0.322 e. The average Bonchev–Trinajstić information content (AvgIpc) is 2.63. The van der Waals surface area contributed by atoms with E-state index < -0.39 is 0 Å². The van der Waals surface area contributed by atoms with Crippen molar-refractivity contribution in [2.24, 2.45) is 5.10 Å². The molecule has 0 aliphatic rings. The maximum Gasteiger partial charge on any atom is 0.255 e. The molecule has 24 heavy (non-hydrogen) atoms. The number of carbonyl (C=O) groups excluding carboxylic acids is 1. The van der Waals surface area contributed by atoms with Gasteiger partial charge in [-0.1, -0.05) is 31.2 Å². The smallest absolute Gasteiger partial charge is 0.255 e. The third kappa shape index (κ3) is 4.19. The van der Waals surface area contributed by atoms with Gasteiger partial charge in [0, 0.05) is 11.3 Å². The molecule has 0 aliphatic carbocycles. The Hall–Kier alpha value is -3.64. The summed E-state index contributed by atoms with van der Waals surface area (Å²) in [6.07, 6.45) is 0.817. The Balaban J connectivity index is 2.16. The summed E-state index contributed by atoms with van der Waals surface area (Å²) in [6, 6.07) is 17.6. The molecule has 1 amide bonds. The molecule has 0 aromatic heterocycles. The summed E-state index contributed by atoms with van der Waals surface area (Å²) >= 11 is 0. The molecule has 0 fully saturated rings. The van der Waals surface area contributed by atoms with Crippen LogP contribution in [-0.2, 0) is 6.42 Å². The Morgan fingerprint density at radius 2 is 1.88 bits per heavy atom. The summed E-state index contributed by atoms with van der Waals surface area (Å²) in [6.45, 7) is 2.02. The number of hydrazone groups is 1. The van der Waals surface area contributed by atoms with E-state index in [0.717, 1.165) is 17.7 Å². The van der Waals surface area contributed by atoms with Gasteiger partial charge in [0.15, 0.2) is 0 Å². The van der Waals surface area contributed by atoms with Crippen molar-refractivity contribution >= 4 is 23.0 Å². The first-order valence-corrected chi connectivity index (χ1v) is 7.31. The van der Waals surface area contributed by atoms with Crippen LogP contribution in [0.4, 0.5) is 11.4 Å². The molecule has 0 spiro atoms. The van der Waals surface area contributed by atoms with E-state index in [-0.39, 0.29) is 11.6 Å². The maximum absolute atomic E-state index is 12.4. The fourth-order valence-corrected chi connectivity index (χ4v) is 2.07. The van der Waals surface area contributed by atoms with Crippen LogP contribution in [0.3, 0.4) is 0 Å². The zero-order chi connectivity index (χ0) is 17.4. The van der Waals surface area contributed by atoms with Crippen LogP contribution in [0.5, 0.6) is 0 Å². The van der Waals surface area contributed by atoms with Gasteiger partial charge >= 0.3 is 0 Å². The molecule has 2 aromatic carbocycles. The highest BCUT2D eigenvalue weighted by Gasteiger charge is 2.09. The first-order chi connectivity index (χ1) is 11.7. The second-order valence-corrected chi connectivity index (χ2v) is 4.84. The lowest BCUT2D eigenvalue weighted by Crippen LogP contribution is -2.13. The second-order valence-electron chi connectivity index (χ2n) is 4.84. The van der Waals surface area contributed by atoms with E-state index in [4.69, 9.17) is 10.5 Å². The van der Waals surface area contributed by atoms with Crippen LogP contribution in [0.25, 0.3) is 0 Å². The number of nitriles is 2. The van der Waals surface area contributed by atoms with E-state index in [0.29, 0.717) is 11.3 Å². The first-order valence-electron chi connectivity index (χ1n) is 7.31. The number of aryl methyl sites for hydroxylation is 1. The van der Waals surface area contributed by atoms with Gasteiger partial charge in [0.2, 0.25) is 5.71 Å². The third-order valence-corrected chi connectivity index (χ3v) is 3.28. The Morgan fingerprint density at radius 1 is 1.12 bits per heavy atom. The van der Waals surface area contributed by atoms with Crippen molar-refractivity contribution in [3.05, 3.63) is 59.7 Å². The molecule has 2 N–H and O–H groups in total. The molecule has 6 heteroatoms. The quantitative estimate of drug-likeness (QED) is 0.652. The molecule has 0 radical (unpaired) electrons. The van der Waals surface area contributed by atoms with Crippen molar-refractivity contribution in [3.8, 4) is 12.1 Å². The van der Waals surface area contributed by atoms with Crippen LogP contribution in [0.1, 0.15) is 22.8 Å². The Labute approximate surface area is 140 Å². The molecule has 2 rings (SSSR count). The van der Waals surface area contributed by atoms with Gasteiger partial charge < -0.3 is 5.32 Å². The average molecular weight is 317 g/mol. The topological polar surface area (TPSA) is 101 Å². The van der Waals surface area contributed by atoms with Crippen molar-refractivity contribution in [2.45, 2.75) is 13.3 Å². The summed E-state index contributed by atoms with van der Waals surface area (Å²) in [7, 11) is 0. The molecule has 0 saturated carbocycles. The number of para-hydroxylation sites is 1. The summed E-state index contributed by atoms with van der Waals surface area (Å²) < 4.78 is 0. The summed E-state index contributed by atoms with van der Waals surface area (Å²) in [5.41, 5.74) is 5.08. The number of anilines is 2. The number of hydrogen-bond acceptors (Lipinski definition) is 5. The molecule has 0 aliphatic heterocycles. The molecule has 0 saturated heterocycles. The molecule has 0 heterocycles. The number of nitrogens with one attached hydrogen (secondary N) is 2. The number of hydrogen-bond donors (Lipinski definition) is 2. The van der Waals surface area contributed by atoms with Crippen LogP contribution >= 0.6 is 0 Å². The molecule has 0 atom stereocenters. The van der Waals surface area contributed by atoms with Crippen molar-refractivity contribution < 1.29 is 4.79 Å². The summed E-state index contributed by atoms with van der Waals surface area (Å²) in [4.78, 5) is 12.4. The van der Waals surface area contributed by atoms with Crippen molar-refractivity contribution in [1.29, 1.82) is 10.5 Å². The van der Waals surface area contributed by atoms with E-state index in [2.05, 4.69) is 15.8 Å². The highest BCUT2D eigenvalue weighted by molar-refractivity contribution is 6.10. The molecule has 6 nitrogen and oxygen atoms in total. The number of amides is 1.